The van der Waals surface area contributed by atoms with E-state index in [9.17, 15) is 4.79 Å². The van der Waals surface area contributed by atoms with Crippen molar-refractivity contribution in [3.63, 3.8) is 0 Å². The zero-order chi connectivity index (χ0) is 17.2. The highest BCUT2D eigenvalue weighted by Crippen LogP contribution is 2.16. The molecule has 25 heavy (non-hydrogen) atoms. The minimum absolute atomic E-state index is 0.0675. The van der Waals surface area contributed by atoms with Crippen molar-refractivity contribution in [2.24, 2.45) is 0 Å². The van der Waals surface area contributed by atoms with E-state index in [1.807, 2.05) is 12.1 Å². The lowest BCUT2D eigenvalue weighted by atomic mass is 10.1. The van der Waals surface area contributed by atoms with Crippen molar-refractivity contribution < 1.29 is 4.79 Å². The van der Waals surface area contributed by atoms with Crippen LogP contribution >= 0.6 is 0 Å². The lowest BCUT2D eigenvalue weighted by Gasteiger charge is -2.08. The van der Waals surface area contributed by atoms with Crippen LogP contribution in [0.3, 0.4) is 0 Å². The summed E-state index contributed by atoms with van der Waals surface area (Å²) >= 11 is 0. The molecular formula is C17H11N7O. The van der Waals surface area contributed by atoms with E-state index < -0.39 is 0 Å². The molecule has 2 N–H and O–H groups in total. The normalized spacial score (nSPS) is 10.5. The van der Waals surface area contributed by atoms with Gasteiger partial charge in [-0.1, -0.05) is 0 Å². The first-order chi connectivity index (χ1) is 12.2. The van der Waals surface area contributed by atoms with Gasteiger partial charge in [-0.3, -0.25) is 14.3 Å². The Morgan fingerprint density at radius 3 is 2.72 bits per heavy atom. The van der Waals surface area contributed by atoms with Crippen LogP contribution in [0, 0.1) is 11.3 Å². The van der Waals surface area contributed by atoms with Gasteiger partial charge in [0.2, 0.25) is 17.6 Å². The van der Waals surface area contributed by atoms with Gasteiger partial charge in [-0.25, -0.2) is 4.98 Å². The summed E-state index contributed by atoms with van der Waals surface area (Å²) in [5.74, 6) is 0.834. The van der Waals surface area contributed by atoms with Crippen LogP contribution in [0.15, 0.2) is 54.9 Å². The van der Waals surface area contributed by atoms with Gasteiger partial charge in [0, 0.05) is 17.8 Å². The van der Waals surface area contributed by atoms with Gasteiger partial charge in [0.05, 0.1) is 17.8 Å². The zero-order valence-corrected chi connectivity index (χ0v) is 12.8. The number of hydrogen-bond donors (Lipinski definition) is 2. The van der Waals surface area contributed by atoms with Crippen LogP contribution in [0.4, 0.5) is 11.8 Å². The fraction of sp³-hybridized carbons (Fsp3) is 0. The fourth-order valence-corrected chi connectivity index (χ4v) is 2.39. The number of nitrogens with zero attached hydrogens (tertiary/aromatic N) is 5. The van der Waals surface area contributed by atoms with Crippen LogP contribution in [-0.4, -0.2) is 30.3 Å². The first-order valence-electron chi connectivity index (χ1n) is 7.41. The third-order valence-corrected chi connectivity index (χ3v) is 3.61. The maximum Gasteiger partial charge on any atom is 0.230 e. The van der Waals surface area contributed by atoms with Crippen molar-refractivity contribution in [1.82, 2.24) is 24.6 Å². The number of aromatic nitrogens is 5. The molecule has 4 rings (SSSR count). The van der Waals surface area contributed by atoms with E-state index in [0.29, 0.717) is 28.5 Å². The summed E-state index contributed by atoms with van der Waals surface area (Å²) < 4.78 is 1.73. The second-order valence-electron chi connectivity index (χ2n) is 5.22. The third kappa shape index (κ3) is 2.70. The number of benzene rings is 1. The maximum absolute atomic E-state index is 12.7. The number of H-pyrrole nitrogens is 1. The minimum atomic E-state index is -0.319. The number of rotatable bonds is 4. The number of fused-ring (bicyclic) bond motifs is 1. The summed E-state index contributed by atoms with van der Waals surface area (Å²) in [5, 5.41) is 18.6. The Bertz CT molecular complexity index is 1090. The molecule has 8 heteroatoms. The van der Waals surface area contributed by atoms with Crippen LogP contribution in [0.25, 0.3) is 5.65 Å². The van der Waals surface area contributed by atoms with E-state index >= 15 is 0 Å². The summed E-state index contributed by atoms with van der Waals surface area (Å²) in [4.78, 5) is 21.4. The van der Waals surface area contributed by atoms with Crippen molar-refractivity contribution >= 4 is 23.2 Å². The summed E-state index contributed by atoms with van der Waals surface area (Å²) in [6, 6.07) is 13.7. The second-order valence-corrected chi connectivity index (χ2v) is 5.22. The molecule has 3 heterocycles. The molecule has 0 radical (unpaired) electrons. The van der Waals surface area contributed by atoms with Gasteiger partial charge in [-0.15, -0.1) is 0 Å². The molecule has 0 aliphatic heterocycles. The summed E-state index contributed by atoms with van der Waals surface area (Å²) in [7, 11) is 0. The topological polar surface area (TPSA) is 112 Å². The van der Waals surface area contributed by atoms with E-state index in [4.69, 9.17) is 5.26 Å². The number of anilines is 2. The monoisotopic (exact) mass is 329 g/mol. The Balaban J connectivity index is 1.76. The predicted molar refractivity (Wildman–Crippen MR) is 89.4 cm³/mol. The van der Waals surface area contributed by atoms with Crippen LogP contribution < -0.4 is 5.32 Å². The van der Waals surface area contributed by atoms with Gasteiger partial charge in [0.1, 0.15) is 11.5 Å². The summed E-state index contributed by atoms with van der Waals surface area (Å²) in [6.45, 7) is 0. The molecule has 0 bridgehead atoms. The second kappa shape index (κ2) is 5.90. The number of aromatic amines is 1. The lowest BCUT2D eigenvalue weighted by molar-refractivity contribution is 0.102. The van der Waals surface area contributed by atoms with Gasteiger partial charge < -0.3 is 5.32 Å². The molecule has 0 unspecified atom stereocenters. The van der Waals surface area contributed by atoms with Crippen LogP contribution in [0.5, 0.6) is 0 Å². The van der Waals surface area contributed by atoms with Gasteiger partial charge in [-0.05, 0) is 36.4 Å². The van der Waals surface area contributed by atoms with Gasteiger partial charge in [0.15, 0.2) is 0 Å². The van der Waals surface area contributed by atoms with Crippen molar-refractivity contribution in [3.8, 4) is 6.07 Å². The number of hydrogen-bond acceptors (Lipinski definition) is 6. The van der Waals surface area contributed by atoms with Crippen LogP contribution in [-0.2, 0) is 0 Å². The molecule has 0 atom stereocenters. The molecule has 0 aliphatic carbocycles. The molecule has 4 aromatic rings. The number of ketones is 1. The SMILES string of the molecule is N#Cc1ccc(C(=O)c2nc(Nc3ccn[nH]3)n3cccc3n2)cc1. The molecule has 0 amide bonds. The largest absolute Gasteiger partial charge is 0.310 e. The Hall–Kier alpha value is -3.99. The van der Waals surface area contributed by atoms with E-state index in [1.54, 1.807) is 53.2 Å². The molecule has 1 aromatic carbocycles. The minimum Gasteiger partial charge on any atom is -0.310 e. The van der Waals surface area contributed by atoms with Crippen molar-refractivity contribution in [2.75, 3.05) is 5.32 Å². The van der Waals surface area contributed by atoms with E-state index in [1.165, 1.54) is 0 Å². The molecule has 0 fully saturated rings. The van der Waals surface area contributed by atoms with Crippen molar-refractivity contribution in [1.29, 1.82) is 5.26 Å². The number of carbonyl (C=O) groups excluding carboxylic acids is 1. The Morgan fingerprint density at radius 1 is 1.16 bits per heavy atom. The molecular weight excluding hydrogens is 318 g/mol. The molecule has 8 nitrogen and oxygen atoms in total. The molecule has 0 aliphatic rings. The van der Waals surface area contributed by atoms with Gasteiger partial charge in [0.25, 0.3) is 0 Å². The first kappa shape index (κ1) is 14.6. The smallest absolute Gasteiger partial charge is 0.230 e. The lowest BCUT2D eigenvalue weighted by Crippen LogP contribution is -2.12. The molecule has 120 valence electrons. The molecule has 0 saturated heterocycles. The van der Waals surface area contributed by atoms with E-state index in [0.717, 1.165) is 0 Å². The maximum atomic E-state index is 12.7. The van der Waals surface area contributed by atoms with E-state index in [-0.39, 0.29) is 11.6 Å². The summed E-state index contributed by atoms with van der Waals surface area (Å²) in [6.07, 6.45) is 3.41. The predicted octanol–water partition coefficient (Wildman–Crippen LogP) is 2.30. The zero-order valence-electron chi connectivity index (χ0n) is 12.8. The molecule has 3 aromatic heterocycles. The molecule has 0 spiro atoms. The Kier molecular flexibility index (Phi) is 3.44. The van der Waals surface area contributed by atoms with Gasteiger partial charge in [-0.2, -0.15) is 15.3 Å². The quantitative estimate of drug-likeness (QED) is 0.556. The fourth-order valence-electron chi connectivity index (χ4n) is 2.39. The third-order valence-electron chi connectivity index (χ3n) is 3.61. The van der Waals surface area contributed by atoms with Crippen LogP contribution in [0.2, 0.25) is 0 Å². The Labute approximate surface area is 141 Å². The highest BCUT2D eigenvalue weighted by Gasteiger charge is 2.16. The molecule has 0 saturated carbocycles. The number of nitriles is 1. The van der Waals surface area contributed by atoms with Crippen LogP contribution in [0.1, 0.15) is 21.7 Å². The highest BCUT2D eigenvalue weighted by molar-refractivity contribution is 6.06. The first-order valence-corrected chi connectivity index (χ1v) is 7.41. The standard InChI is InChI=1S/C17H11N7O/c18-10-11-3-5-12(6-4-11)15(25)16-21-14-2-1-9-24(14)17(22-16)20-13-7-8-19-23-13/h1-9H,(H2,19,20,21,22,23). The van der Waals surface area contributed by atoms with Gasteiger partial charge >= 0.3 is 0 Å². The average molecular weight is 329 g/mol. The summed E-state index contributed by atoms with van der Waals surface area (Å²) in [5.41, 5.74) is 1.50. The number of nitrogens with one attached hydrogen (secondary N) is 2. The Morgan fingerprint density at radius 2 is 2.00 bits per heavy atom. The van der Waals surface area contributed by atoms with Crippen molar-refractivity contribution in [3.05, 3.63) is 71.8 Å². The van der Waals surface area contributed by atoms with Crippen molar-refractivity contribution in [2.45, 2.75) is 0 Å². The van der Waals surface area contributed by atoms with E-state index in [2.05, 4.69) is 25.5 Å². The highest BCUT2D eigenvalue weighted by atomic mass is 16.1. The average Bonchev–Trinajstić information content (AvgIpc) is 3.32. The number of carbonyl (C=O) groups is 1.